The van der Waals surface area contributed by atoms with Gasteiger partial charge in [0.05, 0.1) is 5.41 Å². The lowest BCUT2D eigenvalue weighted by Crippen LogP contribution is -2.55. The van der Waals surface area contributed by atoms with E-state index in [0.717, 1.165) is 36.8 Å². The standard InChI is InChI=1S/C26H32N2O3/c1-19-6-3-8-21(14-19)22-9-4-7-20(15-22)16-26(25(30)27-23-10-11-23)12-5-13-28(18-26)24(29)17-31-2/h3-4,6-9,14-15,23H,5,10-13,16-18H2,1-2H3,(H,27,30). The van der Waals surface area contributed by atoms with Gasteiger partial charge in [0.15, 0.2) is 0 Å². The largest absolute Gasteiger partial charge is 0.375 e. The van der Waals surface area contributed by atoms with E-state index in [2.05, 4.69) is 60.8 Å². The number of carbonyl (C=O) groups is 2. The van der Waals surface area contributed by atoms with Crippen LogP contribution in [0.4, 0.5) is 0 Å². The van der Waals surface area contributed by atoms with Gasteiger partial charge in [0.25, 0.3) is 0 Å². The Morgan fingerprint density at radius 2 is 1.87 bits per heavy atom. The van der Waals surface area contributed by atoms with E-state index in [0.29, 0.717) is 25.6 Å². The molecule has 2 aliphatic rings. The third kappa shape index (κ3) is 5.16. The Hall–Kier alpha value is -2.66. The number of methoxy groups -OCH3 is 1. The van der Waals surface area contributed by atoms with Gasteiger partial charge in [-0.2, -0.15) is 0 Å². The van der Waals surface area contributed by atoms with Crippen molar-refractivity contribution in [1.82, 2.24) is 10.2 Å². The third-order valence-corrected chi connectivity index (χ3v) is 6.41. The zero-order chi connectivity index (χ0) is 21.8. The highest BCUT2D eigenvalue weighted by molar-refractivity contribution is 5.85. The Morgan fingerprint density at radius 1 is 1.13 bits per heavy atom. The highest BCUT2D eigenvalue weighted by Gasteiger charge is 2.44. The quantitative estimate of drug-likeness (QED) is 0.742. The van der Waals surface area contributed by atoms with Gasteiger partial charge < -0.3 is 15.0 Å². The van der Waals surface area contributed by atoms with Crippen LogP contribution in [-0.4, -0.2) is 49.6 Å². The molecule has 1 saturated heterocycles. The highest BCUT2D eigenvalue weighted by atomic mass is 16.5. The fourth-order valence-corrected chi connectivity index (χ4v) is 4.61. The van der Waals surface area contributed by atoms with Crippen molar-refractivity contribution in [2.24, 2.45) is 5.41 Å². The van der Waals surface area contributed by atoms with Gasteiger partial charge in [-0.3, -0.25) is 9.59 Å². The molecule has 1 aliphatic heterocycles. The van der Waals surface area contributed by atoms with Crippen molar-refractivity contribution >= 4 is 11.8 Å². The van der Waals surface area contributed by atoms with Crippen LogP contribution in [0.15, 0.2) is 48.5 Å². The average molecular weight is 421 g/mol. The van der Waals surface area contributed by atoms with Crippen LogP contribution < -0.4 is 5.32 Å². The molecule has 5 nitrogen and oxygen atoms in total. The van der Waals surface area contributed by atoms with Gasteiger partial charge in [0.2, 0.25) is 11.8 Å². The molecule has 2 aromatic carbocycles. The first-order valence-electron chi connectivity index (χ1n) is 11.2. The van der Waals surface area contributed by atoms with Gasteiger partial charge in [0, 0.05) is 26.2 Å². The lowest BCUT2D eigenvalue weighted by atomic mass is 9.74. The third-order valence-electron chi connectivity index (χ3n) is 6.41. The summed E-state index contributed by atoms with van der Waals surface area (Å²) in [5, 5.41) is 3.22. The number of piperidine rings is 1. The number of likely N-dealkylation sites (tertiary alicyclic amines) is 1. The number of nitrogens with zero attached hydrogens (tertiary/aromatic N) is 1. The minimum atomic E-state index is -0.602. The fraction of sp³-hybridized carbons (Fsp3) is 0.462. The summed E-state index contributed by atoms with van der Waals surface area (Å²) in [5.41, 5.74) is 4.09. The molecule has 0 bridgehead atoms. The second-order valence-electron chi connectivity index (χ2n) is 9.13. The topological polar surface area (TPSA) is 58.6 Å². The van der Waals surface area contributed by atoms with Crippen LogP contribution in [0, 0.1) is 12.3 Å². The summed E-state index contributed by atoms with van der Waals surface area (Å²) < 4.78 is 5.06. The molecule has 4 rings (SSSR count). The molecule has 1 aliphatic carbocycles. The van der Waals surface area contributed by atoms with E-state index in [9.17, 15) is 9.59 Å². The monoisotopic (exact) mass is 420 g/mol. The van der Waals surface area contributed by atoms with Crippen molar-refractivity contribution in [2.75, 3.05) is 26.8 Å². The van der Waals surface area contributed by atoms with E-state index in [1.54, 1.807) is 0 Å². The van der Waals surface area contributed by atoms with Gasteiger partial charge in [-0.1, -0.05) is 54.1 Å². The second-order valence-corrected chi connectivity index (χ2v) is 9.13. The molecule has 1 N–H and O–H groups in total. The van der Waals surface area contributed by atoms with Crippen LogP contribution in [0.5, 0.6) is 0 Å². The first-order chi connectivity index (χ1) is 15.0. The zero-order valence-corrected chi connectivity index (χ0v) is 18.5. The molecule has 0 radical (unpaired) electrons. The Labute approximate surface area is 184 Å². The van der Waals surface area contributed by atoms with E-state index in [1.807, 2.05) is 4.90 Å². The minimum Gasteiger partial charge on any atom is -0.375 e. The van der Waals surface area contributed by atoms with E-state index in [4.69, 9.17) is 4.74 Å². The molecule has 1 heterocycles. The number of rotatable bonds is 7. The van der Waals surface area contributed by atoms with E-state index in [-0.39, 0.29) is 18.4 Å². The predicted octanol–water partition coefficient (Wildman–Crippen LogP) is 3.74. The van der Waals surface area contributed by atoms with Crippen molar-refractivity contribution in [2.45, 2.75) is 45.1 Å². The Morgan fingerprint density at radius 3 is 2.58 bits per heavy atom. The number of benzene rings is 2. The van der Waals surface area contributed by atoms with E-state index >= 15 is 0 Å². The Kier molecular flexibility index (Phi) is 6.42. The molecular formula is C26H32N2O3. The van der Waals surface area contributed by atoms with Crippen LogP contribution in [-0.2, 0) is 20.7 Å². The van der Waals surface area contributed by atoms with Crippen LogP contribution in [0.2, 0.25) is 0 Å². The molecule has 2 amide bonds. The average Bonchev–Trinajstić information content (AvgIpc) is 3.58. The number of nitrogens with one attached hydrogen (secondary N) is 1. The van der Waals surface area contributed by atoms with Gasteiger partial charge in [-0.15, -0.1) is 0 Å². The molecule has 1 atom stereocenters. The predicted molar refractivity (Wildman–Crippen MR) is 122 cm³/mol. The summed E-state index contributed by atoms with van der Waals surface area (Å²) >= 11 is 0. The Balaban J connectivity index is 1.61. The number of hydrogen-bond donors (Lipinski definition) is 1. The normalized spacial score (nSPS) is 21.0. The molecule has 2 aromatic rings. The maximum atomic E-state index is 13.4. The van der Waals surface area contributed by atoms with Gasteiger partial charge in [-0.05, 0) is 55.7 Å². The number of carbonyl (C=O) groups excluding carboxylic acids is 2. The Bertz CT molecular complexity index is 953. The first kappa shape index (κ1) is 21.6. The lowest BCUT2D eigenvalue weighted by Gasteiger charge is -2.42. The summed E-state index contributed by atoms with van der Waals surface area (Å²) in [6, 6.07) is 17.2. The van der Waals surface area contributed by atoms with Crippen LogP contribution in [0.3, 0.4) is 0 Å². The molecule has 1 unspecified atom stereocenters. The van der Waals surface area contributed by atoms with Crippen LogP contribution >= 0.6 is 0 Å². The number of ether oxygens (including phenoxy) is 1. The van der Waals surface area contributed by atoms with E-state index < -0.39 is 5.41 Å². The summed E-state index contributed by atoms with van der Waals surface area (Å²) in [7, 11) is 1.53. The van der Waals surface area contributed by atoms with Crippen molar-refractivity contribution in [1.29, 1.82) is 0 Å². The molecule has 0 spiro atoms. The van der Waals surface area contributed by atoms with Crippen molar-refractivity contribution in [3.63, 3.8) is 0 Å². The smallest absolute Gasteiger partial charge is 0.248 e. The van der Waals surface area contributed by atoms with Crippen molar-refractivity contribution < 1.29 is 14.3 Å². The molecular weight excluding hydrogens is 388 g/mol. The molecule has 164 valence electrons. The maximum Gasteiger partial charge on any atom is 0.248 e. The van der Waals surface area contributed by atoms with E-state index in [1.165, 1.54) is 18.2 Å². The minimum absolute atomic E-state index is 0.0423. The van der Waals surface area contributed by atoms with Gasteiger partial charge in [-0.25, -0.2) is 0 Å². The summed E-state index contributed by atoms with van der Waals surface area (Å²) in [6.07, 6.45) is 4.35. The fourth-order valence-electron chi connectivity index (χ4n) is 4.61. The van der Waals surface area contributed by atoms with Gasteiger partial charge in [0.1, 0.15) is 6.61 Å². The number of hydrogen-bond acceptors (Lipinski definition) is 3. The SMILES string of the molecule is COCC(=O)N1CCCC(Cc2cccc(-c3cccc(C)c3)c2)(C(=O)NC2CC2)C1. The second kappa shape index (κ2) is 9.23. The maximum absolute atomic E-state index is 13.4. The molecule has 1 saturated carbocycles. The summed E-state index contributed by atoms with van der Waals surface area (Å²) in [4.78, 5) is 27.8. The van der Waals surface area contributed by atoms with Crippen LogP contribution in [0.25, 0.3) is 11.1 Å². The summed E-state index contributed by atoms with van der Waals surface area (Å²) in [6.45, 7) is 3.29. The van der Waals surface area contributed by atoms with Crippen molar-refractivity contribution in [3.8, 4) is 11.1 Å². The molecule has 2 fully saturated rings. The van der Waals surface area contributed by atoms with Crippen LogP contribution in [0.1, 0.15) is 36.8 Å². The van der Waals surface area contributed by atoms with Crippen molar-refractivity contribution in [3.05, 3.63) is 59.7 Å². The molecule has 31 heavy (non-hydrogen) atoms. The molecule has 5 heteroatoms. The number of amides is 2. The zero-order valence-electron chi connectivity index (χ0n) is 18.5. The molecule has 0 aromatic heterocycles. The summed E-state index contributed by atoms with van der Waals surface area (Å²) in [5.74, 6) is 0.0465. The van der Waals surface area contributed by atoms with Gasteiger partial charge >= 0.3 is 0 Å². The number of aryl methyl sites for hydroxylation is 1. The lowest BCUT2D eigenvalue weighted by molar-refractivity contribution is -0.144. The first-order valence-corrected chi connectivity index (χ1v) is 11.2. The highest BCUT2D eigenvalue weighted by Crippen LogP contribution is 2.36.